The number of alkyl carbamates (subject to hydrolysis) is 1. The van der Waals surface area contributed by atoms with Gasteiger partial charge in [0.1, 0.15) is 12.4 Å². The minimum Gasteiger partial charge on any atom is -0.445 e. The summed E-state index contributed by atoms with van der Waals surface area (Å²) in [5.74, 6) is -11.8. The molecule has 1 saturated heterocycles. The molecule has 3 aromatic rings. The molecule has 310 valence electrons. The van der Waals surface area contributed by atoms with Crippen LogP contribution in [0.25, 0.3) is 0 Å². The molecule has 0 radical (unpaired) electrons. The average molecular weight is 802 g/mol. The van der Waals surface area contributed by atoms with Crippen LogP contribution in [0, 0.1) is 11.8 Å². The van der Waals surface area contributed by atoms with Crippen molar-refractivity contribution in [1.29, 1.82) is 0 Å². The van der Waals surface area contributed by atoms with Gasteiger partial charge in [0, 0.05) is 37.0 Å². The Balaban J connectivity index is 2.03. The third-order valence-corrected chi connectivity index (χ3v) is 9.36. The van der Waals surface area contributed by atoms with E-state index < -0.39 is 83.7 Å². The minimum absolute atomic E-state index is 0.0786. The number of nitrogens with zero attached hydrogens (tertiary/aromatic N) is 1. The summed E-state index contributed by atoms with van der Waals surface area (Å²) in [6, 6.07) is 19.0. The Morgan fingerprint density at radius 1 is 0.982 bits per heavy atom. The number of carbonyl (C=O) groups excluding carboxylic acids is 4. The van der Waals surface area contributed by atoms with Gasteiger partial charge in [0.2, 0.25) is 17.1 Å². The second-order valence-corrected chi connectivity index (χ2v) is 14.0. The van der Waals surface area contributed by atoms with Crippen molar-refractivity contribution in [2.75, 3.05) is 27.1 Å². The van der Waals surface area contributed by atoms with E-state index >= 15 is 8.78 Å². The average Bonchev–Trinajstić information content (AvgIpc) is 3.20. The van der Waals surface area contributed by atoms with E-state index in [1.165, 1.54) is 66.0 Å². The molecule has 1 aliphatic heterocycles. The fraction of sp³-hybridized carbons (Fsp3) is 0.450. The number of methoxy groups -OCH3 is 1. The number of aliphatic hydroxyl groups is 2. The molecule has 4 atom stereocenters. The lowest BCUT2D eigenvalue weighted by Crippen LogP contribution is -2.83. The van der Waals surface area contributed by atoms with Gasteiger partial charge in [0.05, 0.1) is 18.8 Å². The Morgan fingerprint density at radius 2 is 1.63 bits per heavy atom. The summed E-state index contributed by atoms with van der Waals surface area (Å²) < 4.78 is 61.5. The van der Waals surface area contributed by atoms with Crippen LogP contribution in [0.3, 0.4) is 0 Å². The van der Waals surface area contributed by atoms with Crippen molar-refractivity contribution in [3.63, 3.8) is 0 Å². The van der Waals surface area contributed by atoms with Gasteiger partial charge in [-0.2, -0.15) is 4.90 Å². The molecule has 0 spiro atoms. The maximum absolute atomic E-state index is 17.6. The van der Waals surface area contributed by atoms with Crippen LogP contribution in [0.1, 0.15) is 62.5 Å². The molecule has 1 heterocycles. The van der Waals surface area contributed by atoms with Crippen LogP contribution in [0.15, 0.2) is 84.9 Å². The van der Waals surface area contributed by atoms with Crippen molar-refractivity contribution in [3.05, 3.63) is 102 Å². The van der Waals surface area contributed by atoms with Crippen molar-refractivity contribution in [3.8, 4) is 5.75 Å². The Labute approximate surface area is 329 Å². The van der Waals surface area contributed by atoms with Gasteiger partial charge >= 0.3 is 24.0 Å². The Hall–Kier alpha value is -5.04. The first kappa shape index (κ1) is 44.7. The topological polar surface area (TPSA) is 191 Å². The van der Waals surface area contributed by atoms with Crippen LogP contribution in [-0.4, -0.2) is 89.6 Å². The van der Waals surface area contributed by atoms with Crippen LogP contribution >= 0.6 is 0 Å². The van der Waals surface area contributed by atoms with Gasteiger partial charge in [-0.25, -0.2) is 28.0 Å². The predicted molar refractivity (Wildman–Crippen MR) is 198 cm³/mol. The summed E-state index contributed by atoms with van der Waals surface area (Å²) in [5.41, 5.74) is -8.42. The number of halogens is 2. The number of alkyl halides is 2. The third kappa shape index (κ3) is 9.57. The molecule has 57 heavy (non-hydrogen) atoms. The molecule has 15 nitrogen and oxygen atoms in total. The van der Waals surface area contributed by atoms with Gasteiger partial charge in [-0.15, -0.1) is 5.48 Å². The molecule has 2 unspecified atom stereocenters. The van der Waals surface area contributed by atoms with Crippen LogP contribution in [0.2, 0.25) is 0 Å². The normalized spacial score (nSPS) is 22.3. The highest BCUT2D eigenvalue weighted by atomic mass is 19.3. The zero-order chi connectivity index (χ0) is 42.0. The van der Waals surface area contributed by atoms with Crippen molar-refractivity contribution in [2.24, 2.45) is 11.8 Å². The van der Waals surface area contributed by atoms with Crippen molar-refractivity contribution in [1.82, 2.24) is 15.7 Å². The number of nitrogens with one attached hydrogen (secondary N) is 2. The van der Waals surface area contributed by atoms with Gasteiger partial charge in [-0.1, -0.05) is 88.4 Å². The number of carbonyl (C=O) groups is 4. The number of benzene rings is 3. The number of hydrogen-bond donors (Lipinski definition) is 4. The van der Waals surface area contributed by atoms with Crippen LogP contribution in [0.4, 0.5) is 13.6 Å². The van der Waals surface area contributed by atoms with E-state index in [0.717, 1.165) is 12.1 Å². The molecule has 1 amide bonds. The first-order valence-electron chi connectivity index (χ1n) is 18.1. The lowest BCUT2D eigenvalue weighted by molar-refractivity contribution is -0.356. The minimum atomic E-state index is -4.47. The molecule has 17 heteroatoms. The molecule has 4 rings (SSSR count). The van der Waals surface area contributed by atoms with Gasteiger partial charge < -0.3 is 38.7 Å². The van der Waals surface area contributed by atoms with E-state index in [0.29, 0.717) is 5.56 Å². The van der Waals surface area contributed by atoms with E-state index in [1.807, 2.05) is 0 Å². The Kier molecular flexibility index (Phi) is 14.8. The number of esters is 2. The first-order valence-corrected chi connectivity index (χ1v) is 18.1. The van der Waals surface area contributed by atoms with E-state index in [2.05, 4.69) is 10.8 Å². The lowest BCUT2D eigenvalue weighted by Gasteiger charge is -2.58. The summed E-state index contributed by atoms with van der Waals surface area (Å²) in [7, 11) is 1.40. The second-order valence-electron chi connectivity index (χ2n) is 14.0. The van der Waals surface area contributed by atoms with Gasteiger partial charge in [-0.3, -0.25) is 5.32 Å². The molecule has 0 saturated carbocycles. The maximum atomic E-state index is 17.6. The predicted octanol–water partition coefficient (Wildman–Crippen LogP) is 4.62. The van der Waals surface area contributed by atoms with Gasteiger partial charge in [0.25, 0.3) is 5.92 Å². The largest absolute Gasteiger partial charge is 0.445 e. The van der Waals surface area contributed by atoms with E-state index in [-0.39, 0.29) is 36.0 Å². The van der Waals surface area contributed by atoms with Crippen molar-refractivity contribution in [2.45, 2.75) is 76.7 Å². The lowest BCUT2D eigenvalue weighted by atomic mass is 9.79. The van der Waals surface area contributed by atoms with Crippen LogP contribution in [-0.2, 0) is 45.7 Å². The van der Waals surface area contributed by atoms with E-state index in [1.54, 1.807) is 48.5 Å². The summed E-state index contributed by atoms with van der Waals surface area (Å²) >= 11 is 0. The highest BCUT2D eigenvalue weighted by molar-refractivity contribution is 5.91. The quantitative estimate of drug-likeness (QED) is 0.0548. The molecular formula is C40H49F2N3O12. The Bertz CT molecular complexity index is 1840. The first-order chi connectivity index (χ1) is 26.9. The van der Waals surface area contributed by atoms with Crippen LogP contribution < -0.4 is 15.5 Å². The molecule has 1 aliphatic rings. The monoisotopic (exact) mass is 801 g/mol. The van der Waals surface area contributed by atoms with E-state index in [9.17, 15) is 29.4 Å². The smallest absolute Gasteiger partial charge is 0.409 e. The zero-order valence-corrected chi connectivity index (χ0v) is 32.5. The summed E-state index contributed by atoms with van der Waals surface area (Å²) in [6.45, 7) is 5.11. The third-order valence-electron chi connectivity index (χ3n) is 9.36. The summed E-state index contributed by atoms with van der Waals surface area (Å²) in [4.78, 5) is 61.4. The van der Waals surface area contributed by atoms with E-state index in [4.69, 9.17) is 28.5 Å². The van der Waals surface area contributed by atoms with Gasteiger partial charge in [0.15, 0.2) is 6.79 Å². The molecule has 0 aromatic heterocycles. The number of rotatable bonds is 15. The number of hydroxylamine groups is 1. The second kappa shape index (κ2) is 18.9. The number of amides is 1. The highest BCUT2D eigenvalue weighted by Crippen LogP contribution is 2.53. The molecule has 0 aliphatic carbocycles. The highest BCUT2D eigenvalue weighted by Gasteiger charge is 2.74. The SMILES string of the molecule is COCCOCOC(=O)[C@@](O)(C(C)C)N1C(O)(c2cccc(OC(=O)c3ccccc3)c2)C(F)(F)CC(C)NOC(=O)[C@]1(NC(=O)OCc1ccccc1)C(C)C. The maximum Gasteiger partial charge on any atom is 0.409 e. The van der Waals surface area contributed by atoms with Crippen molar-refractivity contribution >= 4 is 24.0 Å². The fourth-order valence-electron chi connectivity index (χ4n) is 6.33. The zero-order valence-electron chi connectivity index (χ0n) is 32.5. The summed E-state index contributed by atoms with van der Waals surface area (Å²) in [6.07, 6.45) is -2.68. The van der Waals surface area contributed by atoms with Gasteiger partial charge in [-0.05, 0) is 36.8 Å². The molecule has 0 bridgehead atoms. The van der Waals surface area contributed by atoms with Crippen molar-refractivity contribution < 1.29 is 66.7 Å². The number of hydrogen-bond acceptors (Lipinski definition) is 14. The molecule has 4 N–H and O–H groups in total. The molecule has 1 fully saturated rings. The number of ether oxygens (including phenoxy) is 5. The fourth-order valence-corrected chi connectivity index (χ4v) is 6.33. The molecular weight excluding hydrogens is 752 g/mol. The summed E-state index contributed by atoms with van der Waals surface area (Å²) in [5, 5.41) is 28.3. The van der Waals surface area contributed by atoms with Crippen LogP contribution in [0.5, 0.6) is 5.75 Å². The molecule has 3 aromatic carbocycles. The standard InChI is InChI=1S/C40H49F2N3O12/c1-26(2)38(43-36(49)54-24-29-14-9-7-10-15-29)34(47)57-44-28(5)23-37(41,42)40(51,45(38)39(50,27(3)4)35(48)55-25-53-21-20-52-6)31-18-13-19-32(22-31)56-33(46)30-16-11-8-12-17-30/h7-19,22,26-28,44,50-51H,20-21,23-25H2,1-6H3,(H,43,49)/t28?,38-,39-,40?/m0/s1. The Morgan fingerprint density at radius 3 is 2.25 bits per heavy atom.